The number of nitrogens with zero attached hydrogens (tertiary/aromatic N) is 1. The van der Waals surface area contributed by atoms with Crippen LogP contribution >= 0.6 is 0 Å². The zero-order valence-corrected chi connectivity index (χ0v) is 16.8. The minimum atomic E-state index is -0.990. The highest BCUT2D eigenvalue weighted by Gasteiger charge is 2.12. The molecule has 31 heavy (non-hydrogen) atoms. The normalized spacial score (nSPS) is 10.8. The molecule has 3 aromatic carbocycles. The van der Waals surface area contributed by atoms with Gasteiger partial charge in [-0.05, 0) is 54.5 Å². The molecule has 0 aromatic heterocycles. The number of nitriles is 1. The third-order valence-corrected chi connectivity index (χ3v) is 4.46. The smallest absolute Gasteiger partial charge is 0.335 e. The zero-order valence-electron chi connectivity index (χ0n) is 16.8. The largest absolute Gasteiger partial charge is 0.488 e. The van der Waals surface area contributed by atoms with Gasteiger partial charge in [-0.3, -0.25) is 4.79 Å². The van der Waals surface area contributed by atoms with Crippen molar-refractivity contribution in [2.45, 2.75) is 13.5 Å². The number of carbonyl (C=O) groups is 2. The summed E-state index contributed by atoms with van der Waals surface area (Å²) in [5.41, 5.74) is 3.13. The summed E-state index contributed by atoms with van der Waals surface area (Å²) >= 11 is 0. The van der Waals surface area contributed by atoms with Crippen LogP contribution in [0.4, 0.5) is 5.69 Å². The summed E-state index contributed by atoms with van der Waals surface area (Å²) in [6, 6.07) is 22.7. The van der Waals surface area contributed by atoms with Gasteiger partial charge in [-0.2, -0.15) is 5.26 Å². The number of hydrogen-bond donors (Lipinski definition) is 2. The summed E-state index contributed by atoms with van der Waals surface area (Å²) < 4.78 is 5.85. The second-order valence-electron chi connectivity index (χ2n) is 6.82. The van der Waals surface area contributed by atoms with E-state index in [2.05, 4.69) is 5.32 Å². The van der Waals surface area contributed by atoms with Gasteiger partial charge in [0.05, 0.1) is 5.56 Å². The van der Waals surface area contributed by atoms with Gasteiger partial charge < -0.3 is 15.2 Å². The van der Waals surface area contributed by atoms with E-state index in [4.69, 9.17) is 9.84 Å². The first-order valence-corrected chi connectivity index (χ1v) is 9.50. The van der Waals surface area contributed by atoms with Crippen LogP contribution in [-0.2, 0) is 11.4 Å². The number of aromatic carboxylic acids is 1. The third-order valence-electron chi connectivity index (χ3n) is 4.46. The van der Waals surface area contributed by atoms with E-state index < -0.39 is 11.9 Å². The molecule has 6 nitrogen and oxygen atoms in total. The molecule has 0 unspecified atom stereocenters. The summed E-state index contributed by atoms with van der Waals surface area (Å²) in [6.45, 7) is 2.13. The van der Waals surface area contributed by atoms with Crippen molar-refractivity contribution in [3.63, 3.8) is 0 Å². The Hall–Kier alpha value is -4.37. The molecular weight excluding hydrogens is 392 g/mol. The third kappa shape index (κ3) is 5.81. The molecule has 0 aliphatic rings. The molecule has 0 radical (unpaired) electrons. The van der Waals surface area contributed by atoms with Crippen molar-refractivity contribution in [3.05, 3.63) is 101 Å². The average molecular weight is 412 g/mol. The molecule has 3 rings (SSSR count). The number of ether oxygens (including phenoxy) is 1. The number of carboxylic acids is 1. The van der Waals surface area contributed by atoms with Crippen molar-refractivity contribution >= 4 is 23.6 Å². The summed E-state index contributed by atoms with van der Waals surface area (Å²) in [4.78, 5) is 23.5. The average Bonchev–Trinajstić information content (AvgIpc) is 2.77. The Morgan fingerprint density at radius 2 is 1.81 bits per heavy atom. The molecule has 0 heterocycles. The number of carbonyl (C=O) groups excluding carboxylic acids is 1. The summed E-state index contributed by atoms with van der Waals surface area (Å²) in [5, 5.41) is 21.2. The number of rotatable bonds is 7. The van der Waals surface area contributed by atoms with E-state index in [0.717, 1.165) is 11.1 Å². The standard InChI is InChI=1S/C25H20N2O4/c1-17-5-4-7-22(13-17)27-24(28)21(15-26)14-20-6-2-3-8-23(20)31-16-18-9-11-19(12-10-18)25(29)30/h2-14H,16H2,1H3,(H,27,28)(H,29,30)/b21-14+. The lowest BCUT2D eigenvalue weighted by Crippen LogP contribution is -2.13. The first-order chi connectivity index (χ1) is 15.0. The summed E-state index contributed by atoms with van der Waals surface area (Å²) in [5.74, 6) is -0.996. The molecule has 0 bridgehead atoms. The van der Waals surface area contributed by atoms with Gasteiger partial charge in [0.2, 0.25) is 0 Å². The Morgan fingerprint density at radius 1 is 1.06 bits per heavy atom. The lowest BCUT2D eigenvalue weighted by atomic mass is 10.1. The molecule has 3 aromatic rings. The Bertz CT molecular complexity index is 1170. The van der Waals surface area contributed by atoms with Gasteiger partial charge in [-0.15, -0.1) is 0 Å². The van der Waals surface area contributed by atoms with Crippen LogP contribution in [0.2, 0.25) is 0 Å². The Morgan fingerprint density at radius 3 is 2.48 bits per heavy atom. The number of carboxylic acid groups (broad SMARTS) is 1. The first-order valence-electron chi connectivity index (χ1n) is 9.50. The van der Waals surface area contributed by atoms with E-state index in [-0.39, 0.29) is 17.7 Å². The predicted molar refractivity (Wildman–Crippen MR) is 118 cm³/mol. The fourth-order valence-electron chi connectivity index (χ4n) is 2.86. The van der Waals surface area contributed by atoms with Crippen molar-refractivity contribution in [3.8, 4) is 11.8 Å². The van der Waals surface area contributed by atoms with Crippen molar-refractivity contribution in [1.29, 1.82) is 5.26 Å². The van der Waals surface area contributed by atoms with Gasteiger partial charge in [0, 0.05) is 11.3 Å². The van der Waals surface area contributed by atoms with E-state index in [1.165, 1.54) is 18.2 Å². The van der Waals surface area contributed by atoms with E-state index in [0.29, 0.717) is 17.0 Å². The Kier molecular flexibility index (Phi) is 6.82. The highest BCUT2D eigenvalue weighted by atomic mass is 16.5. The fourth-order valence-corrected chi connectivity index (χ4v) is 2.86. The number of para-hydroxylation sites is 1. The van der Waals surface area contributed by atoms with Crippen LogP contribution in [-0.4, -0.2) is 17.0 Å². The fraction of sp³-hybridized carbons (Fsp3) is 0.0800. The van der Waals surface area contributed by atoms with E-state index >= 15 is 0 Å². The van der Waals surface area contributed by atoms with Gasteiger partial charge in [0.25, 0.3) is 5.91 Å². The van der Waals surface area contributed by atoms with Crippen molar-refractivity contribution < 1.29 is 19.4 Å². The molecule has 0 atom stereocenters. The molecule has 0 saturated heterocycles. The van der Waals surface area contributed by atoms with Crippen LogP contribution in [0.3, 0.4) is 0 Å². The molecule has 0 spiro atoms. The Labute approximate surface area is 180 Å². The second kappa shape index (κ2) is 9.90. The lowest BCUT2D eigenvalue weighted by Gasteiger charge is -2.10. The van der Waals surface area contributed by atoms with Gasteiger partial charge in [0.15, 0.2) is 0 Å². The van der Waals surface area contributed by atoms with Crippen LogP contribution in [0, 0.1) is 18.3 Å². The monoisotopic (exact) mass is 412 g/mol. The first kappa shape index (κ1) is 21.3. The molecule has 0 fully saturated rings. The van der Waals surface area contributed by atoms with Crippen molar-refractivity contribution in [1.82, 2.24) is 0 Å². The minimum Gasteiger partial charge on any atom is -0.488 e. The summed E-state index contributed by atoms with van der Waals surface area (Å²) in [6.07, 6.45) is 1.48. The molecule has 0 aliphatic heterocycles. The van der Waals surface area contributed by atoms with Crippen LogP contribution < -0.4 is 10.1 Å². The molecular formula is C25H20N2O4. The lowest BCUT2D eigenvalue weighted by molar-refractivity contribution is -0.112. The molecule has 154 valence electrons. The van der Waals surface area contributed by atoms with Crippen LogP contribution in [0.5, 0.6) is 5.75 Å². The van der Waals surface area contributed by atoms with Crippen molar-refractivity contribution in [2.75, 3.05) is 5.32 Å². The topological polar surface area (TPSA) is 99.4 Å². The maximum absolute atomic E-state index is 12.5. The number of aryl methyl sites for hydroxylation is 1. The highest BCUT2D eigenvalue weighted by Crippen LogP contribution is 2.23. The zero-order chi connectivity index (χ0) is 22.2. The second-order valence-corrected chi connectivity index (χ2v) is 6.82. The van der Waals surface area contributed by atoms with Gasteiger partial charge in [-0.25, -0.2) is 4.79 Å². The van der Waals surface area contributed by atoms with Gasteiger partial charge in [-0.1, -0.05) is 42.5 Å². The molecule has 0 aliphatic carbocycles. The van der Waals surface area contributed by atoms with Crippen LogP contribution in [0.25, 0.3) is 6.08 Å². The predicted octanol–water partition coefficient (Wildman–Crippen LogP) is 4.82. The SMILES string of the molecule is Cc1cccc(NC(=O)/C(C#N)=C/c2ccccc2OCc2ccc(C(=O)O)cc2)c1. The molecule has 6 heteroatoms. The molecule has 2 N–H and O–H groups in total. The van der Waals surface area contributed by atoms with E-state index in [1.54, 1.807) is 42.5 Å². The van der Waals surface area contributed by atoms with Gasteiger partial charge >= 0.3 is 5.97 Å². The highest BCUT2D eigenvalue weighted by molar-refractivity contribution is 6.09. The van der Waals surface area contributed by atoms with Crippen LogP contribution in [0.1, 0.15) is 27.0 Å². The van der Waals surface area contributed by atoms with Crippen LogP contribution in [0.15, 0.2) is 78.4 Å². The molecule has 0 saturated carbocycles. The quantitative estimate of drug-likeness (QED) is 0.428. The Balaban J connectivity index is 1.76. The maximum Gasteiger partial charge on any atom is 0.335 e. The van der Waals surface area contributed by atoms with Crippen molar-refractivity contribution in [2.24, 2.45) is 0 Å². The number of benzene rings is 3. The van der Waals surface area contributed by atoms with E-state index in [1.807, 2.05) is 31.2 Å². The number of amides is 1. The number of anilines is 1. The van der Waals surface area contributed by atoms with Gasteiger partial charge in [0.1, 0.15) is 24.0 Å². The van der Waals surface area contributed by atoms with E-state index in [9.17, 15) is 14.9 Å². The summed E-state index contributed by atoms with van der Waals surface area (Å²) in [7, 11) is 0. The molecule has 1 amide bonds. The number of nitrogens with one attached hydrogen (secondary N) is 1. The number of hydrogen-bond acceptors (Lipinski definition) is 4. The maximum atomic E-state index is 12.5. The minimum absolute atomic E-state index is 0.0524.